The molecule has 0 amide bonds. The zero-order valence-corrected chi connectivity index (χ0v) is 11.2. The van der Waals surface area contributed by atoms with Gasteiger partial charge in [0.1, 0.15) is 0 Å². The Hall–Kier alpha value is -0.930. The van der Waals surface area contributed by atoms with E-state index in [4.69, 9.17) is 11.6 Å². The van der Waals surface area contributed by atoms with Crippen molar-refractivity contribution >= 4 is 11.6 Å². The van der Waals surface area contributed by atoms with Crippen molar-refractivity contribution in [3.8, 4) is 11.8 Å². The third-order valence-electron chi connectivity index (χ3n) is 2.65. The molecule has 1 rings (SSSR count). The monoisotopic (exact) mass is 234 g/mol. The molecule has 16 heavy (non-hydrogen) atoms. The number of alkyl halides is 1. The van der Waals surface area contributed by atoms with E-state index in [0.29, 0.717) is 17.7 Å². The lowest BCUT2D eigenvalue weighted by Crippen LogP contribution is -2.00. The molecule has 0 nitrogen and oxygen atoms in total. The van der Waals surface area contributed by atoms with E-state index in [1.54, 1.807) is 0 Å². The molecule has 0 saturated carbocycles. The van der Waals surface area contributed by atoms with Gasteiger partial charge in [-0.3, -0.25) is 0 Å². The maximum absolute atomic E-state index is 5.64. The van der Waals surface area contributed by atoms with Gasteiger partial charge < -0.3 is 0 Å². The minimum Gasteiger partial charge on any atom is -0.113 e. The Labute approximate surface area is 104 Å². The lowest BCUT2D eigenvalue weighted by Gasteiger charge is -2.15. The molecule has 1 aromatic rings. The second kappa shape index (κ2) is 5.97. The average Bonchev–Trinajstić information content (AvgIpc) is 2.25. The first kappa shape index (κ1) is 13.1. The summed E-state index contributed by atoms with van der Waals surface area (Å²) < 4.78 is 0. The van der Waals surface area contributed by atoms with E-state index < -0.39 is 0 Å². The van der Waals surface area contributed by atoms with Crippen LogP contribution in [0.15, 0.2) is 18.2 Å². The van der Waals surface area contributed by atoms with Crippen molar-refractivity contribution in [2.45, 2.75) is 39.5 Å². The first-order chi connectivity index (χ1) is 7.57. The Balaban J connectivity index is 3.35. The van der Waals surface area contributed by atoms with Gasteiger partial charge in [0.2, 0.25) is 0 Å². The fourth-order valence-corrected chi connectivity index (χ4v) is 1.88. The molecule has 86 valence electrons. The summed E-state index contributed by atoms with van der Waals surface area (Å²) in [5.41, 5.74) is 3.82. The van der Waals surface area contributed by atoms with Gasteiger partial charge in [-0.1, -0.05) is 57.7 Å². The van der Waals surface area contributed by atoms with Gasteiger partial charge in [0.15, 0.2) is 0 Å². The zero-order chi connectivity index (χ0) is 12.1. The largest absolute Gasteiger partial charge is 0.113 e. The quantitative estimate of drug-likeness (QED) is 0.521. The molecule has 0 fully saturated rings. The maximum atomic E-state index is 5.64. The highest BCUT2D eigenvalue weighted by atomic mass is 35.5. The van der Waals surface area contributed by atoms with Crippen molar-refractivity contribution in [3.05, 3.63) is 34.9 Å². The Kier molecular flexibility index (Phi) is 4.90. The van der Waals surface area contributed by atoms with Gasteiger partial charge in [-0.05, 0) is 23.0 Å². The number of benzene rings is 1. The summed E-state index contributed by atoms with van der Waals surface area (Å²) in [6.45, 7) is 8.80. The second-order valence-corrected chi connectivity index (χ2v) is 4.82. The lowest BCUT2D eigenvalue weighted by molar-refractivity contribution is 0.828. The molecule has 0 unspecified atom stereocenters. The molecule has 1 aromatic carbocycles. The maximum Gasteiger partial charge on any atom is 0.0839 e. The Bertz CT molecular complexity index is 379. The van der Waals surface area contributed by atoms with Gasteiger partial charge in [-0.25, -0.2) is 0 Å². The van der Waals surface area contributed by atoms with E-state index in [2.05, 4.69) is 57.7 Å². The molecule has 0 aliphatic rings. The van der Waals surface area contributed by atoms with Crippen molar-refractivity contribution in [3.63, 3.8) is 0 Å². The minimum absolute atomic E-state index is 0.393. The van der Waals surface area contributed by atoms with Crippen molar-refractivity contribution in [1.29, 1.82) is 0 Å². The van der Waals surface area contributed by atoms with Crippen LogP contribution in [0.1, 0.15) is 56.2 Å². The lowest BCUT2D eigenvalue weighted by atomic mass is 9.89. The molecule has 0 N–H and O–H groups in total. The number of hydrogen-bond donors (Lipinski definition) is 0. The topological polar surface area (TPSA) is 0 Å². The third kappa shape index (κ3) is 3.03. The summed E-state index contributed by atoms with van der Waals surface area (Å²) in [7, 11) is 0. The fraction of sp³-hybridized carbons (Fsp3) is 0.467. The van der Waals surface area contributed by atoms with E-state index >= 15 is 0 Å². The van der Waals surface area contributed by atoms with E-state index in [0.717, 1.165) is 0 Å². The number of rotatable bonds is 2. The fourth-order valence-electron chi connectivity index (χ4n) is 1.82. The van der Waals surface area contributed by atoms with E-state index in [9.17, 15) is 0 Å². The zero-order valence-electron chi connectivity index (χ0n) is 10.5. The van der Waals surface area contributed by atoms with Crippen LogP contribution in [0.2, 0.25) is 0 Å². The average molecular weight is 235 g/mol. The molecule has 0 aromatic heterocycles. The van der Waals surface area contributed by atoms with Crippen LogP contribution >= 0.6 is 11.6 Å². The van der Waals surface area contributed by atoms with Gasteiger partial charge >= 0.3 is 0 Å². The van der Waals surface area contributed by atoms with Gasteiger partial charge in [0.05, 0.1) is 5.88 Å². The van der Waals surface area contributed by atoms with Crippen molar-refractivity contribution < 1.29 is 0 Å². The first-order valence-electron chi connectivity index (χ1n) is 5.75. The molecule has 0 bridgehead atoms. The van der Waals surface area contributed by atoms with Crippen LogP contribution in [0.4, 0.5) is 0 Å². The number of halogens is 1. The summed E-state index contributed by atoms with van der Waals surface area (Å²) in [6.07, 6.45) is 0. The molecule has 0 heterocycles. The molecule has 0 atom stereocenters. The van der Waals surface area contributed by atoms with Crippen molar-refractivity contribution in [2.75, 3.05) is 5.88 Å². The molecule has 1 heteroatoms. The van der Waals surface area contributed by atoms with Gasteiger partial charge in [0, 0.05) is 5.56 Å². The molecule has 0 radical (unpaired) electrons. The minimum atomic E-state index is 0.393. The molecule has 0 spiro atoms. The van der Waals surface area contributed by atoms with Gasteiger partial charge in [-0.2, -0.15) is 0 Å². The molecule has 0 aliphatic carbocycles. The second-order valence-electron chi connectivity index (χ2n) is 4.56. The van der Waals surface area contributed by atoms with Crippen molar-refractivity contribution in [1.82, 2.24) is 0 Å². The first-order valence-corrected chi connectivity index (χ1v) is 6.29. The van der Waals surface area contributed by atoms with Crippen LogP contribution in [-0.2, 0) is 0 Å². The third-order valence-corrected chi connectivity index (χ3v) is 2.79. The number of hydrogen-bond acceptors (Lipinski definition) is 0. The van der Waals surface area contributed by atoms with Gasteiger partial charge in [0.25, 0.3) is 0 Å². The molecular weight excluding hydrogens is 216 g/mol. The smallest absolute Gasteiger partial charge is 0.0839 e. The van der Waals surface area contributed by atoms with Gasteiger partial charge in [-0.15, -0.1) is 11.6 Å². The van der Waals surface area contributed by atoms with Crippen LogP contribution < -0.4 is 0 Å². The van der Waals surface area contributed by atoms with E-state index in [1.165, 1.54) is 16.7 Å². The highest BCUT2D eigenvalue weighted by molar-refractivity contribution is 6.19. The highest BCUT2D eigenvalue weighted by Crippen LogP contribution is 2.26. The van der Waals surface area contributed by atoms with Crippen LogP contribution in [0.3, 0.4) is 0 Å². The molecule has 0 aliphatic heterocycles. The highest BCUT2D eigenvalue weighted by Gasteiger charge is 2.11. The summed E-state index contributed by atoms with van der Waals surface area (Å²) in [4.78, 5) is 0. The summed E-state index contributed by atoms with van der Waals surface area (Å²) >= 11 is 5.64. The Morgan fingerprint density at radius 1 is 1.06 bits per heavy atom. The summed E-state index contributed by atoms with van der Waals surface area (Å²) in [6, 6.07) is 6.44. The van der Waals surface area contributed by atoms with Crippen LogP contribution in [0.25, 0.3) is 0 Å². The van der Waals surface area contributed by atoms with E-state index in [1.807, 2.05) is 0 Å². The molecule has 0 saturated heterocycles. The van der Waals surface area contributed by atoms with E-state index in [-0.39, 0.29) is 0 Å². The van der Waals surface area contributed by atoms with Crippen LogP contribution in [-0.4, -0.2) is 5.88 Å². The standard InChI is InChI=1S/C15H19Cl/c1-11(2)13-7-5-8-14(12(3)4)15(13)9-6-10-16/h5,7-8,11-12H,10H2,1-4H3. The SMILES string of the molecule is CC(C)c1cccc(C(C)C)c1C#CCCl. The molecular formula is C15H19Cl. The van der Waals surface area contributed by atoms with Crippen LogP contribution in [0, 0.1) is 11.8 Å². The summed E-state index contributed by atoms with van der Waals surface area (Å²) in [5, 5.41) is 0. The predicted octanol–water partition coefficient (Wildman–Crippen LogP) is 4.52. The Morgan fingerprint density at radius 3 is 1.94 bits per heavy atom. The summed E-state index contributed by atoms with van der Waals surface area (Å²) in [5.74, 6) is 7.57. The van der Waals surface area contributed by atoms with Crippen LogP contribution in [0.5, 0.6) is 0 Å². The van der Waals surface area contributed by atoms with Crippen molar-refractivity contribution in [2.24, 2.45) is 0 Å². The normalized spacial score (nSPS) is 10.4. The Morgan fingerprint density at radius 2 is 1.56 bits per heavy atom. The predicted molar refractivity (Wildman–Crippen MR) is 72.2 cm³/mol.